The van der Waals surface area contributed by atoms with Gasteiger partial charge in [0.1, 0.15) is 0 Å². The maximum Gasteiger partial charge on any atom is 0.0620 e. The number of hydrogen-bond acceptors (Lipinski definition) is 3. The average Bonchev–Trinajstić information content (AvgIpc) is 3.05. The Bertz CT molecular complexity index is 205. The molecule has 0 atom stereocenters. The average molecular weight is 324 g/mol. The minimum Gasteiger partial charge on any atom is -0.274 e. The highest BCUT2D eigenvalue weighted by Gasteiger charge is 2.38. The van der Waals surface area contributed by atoms with Crippen LogP contribution >= 0.6 is 10.8 Å². The number of rotatable bonds is 3. The van der Waals surface area contributed by atoms with E-state index in [-0.39, 0.29) is 0 Å². The van der Waals surface area contributed by atoms with Crippen molar-refractivity contribution in [3.63, 3.8) is 0 Å². The lowest BCUT2D eigenvalue weighted by atomic mass is 9.95. The van der Waals surface area contributed by atoms with Crippen LogP contribution in [0.3, 0.4) is 0 Å². The highest BCUT2D eigenvalue weighted by molar-refractivity contribution is 8.24. The van der Waals surface area contributed by atoms with Crippen LogP contribution in [0.4, 0.5) is 0 Å². The number of nitrogens with zero attached hydrogens (tertiary/aromatic N) is 1. The van der Waals surface area contributed by atoms with Crippen LogP contribution in [0, 0.1) is 0 Å². The van der Waals surface area contributed by atoms with E-state index in [0.717, 1.165) is 11.8 Å². The van der Waals surface area contributed by atoms with Gasteiger partial charge in [-0.25, -0.2) is 4.31 Å². The van der Waals surface area contributed by atoms with E-state index in [0.29, 0.717) is 0 Å². The minimum absolute atomic E-state index is 0.719. The van der Waals surface area contributed by atoms with Gasteiger partial charge in [0.2, 0.25) is 0 Å². The molecular weight excluding hydrogens is 282 g/mol. The standard InChI is InChI=1S/C11H23NO2S.3C2H6/c1-13-15(14-2)10-6-9-12(15)11-7-4-3-5-8-11;3*1-2/h11H,3-10H2,1-2H3;3*1-2H3. The fourth-order valence-electron chi connectivity index (χ4n) is 2.86. The molecule has 2 fully saturated rings. The van der Waals surface area contributed by atoms with Crippen molar-refractivity contribution in [2.24, 2.45) is 0 Å². The topological polar surface area (TPSA) is 21.7 Å². The Morgan fingerprint density at radius 1 is 0.762 bits per heavy atom. The van der Waals surface area contributed by atoms with Crippen LogP contribution in [0.15, 0.2) is 0 Å². The molecule has 0 N–H and O–H groups in total. The first-order valence-corrected chi connectivity index (χ1v) is 10.6. The Labute approximate surface area is 136 Å². The highest BCUT2D eigenvalue weighted by Crippen LogP contribution is 2.58. The molecule has 1 saturated carbocycles. The summed E-state index contributed by atoms with van der Waals surface area (Å²) in [4.78, 5) is 0. The van der Waals surface area contributed by atoms with E-state index in [1.165, 1.54) is 45.1 Å². The largest absolute Gasteiger partial charge is 0.274 e. The zero-order valence-corrected chi connectivity index (χ0v) is 16.7. The monoisotopic (exact) mass is 323 g/mol. The highest BCUT2D eigenvalue weighted by atomic mass is 32.3. The van der Waals surface area contributed by atoms with Gasteiger partial charge in [-0.2, -0.15) is 0 Å². The van der Waals surface area contributed by atoms with Crippen LogP contribution in [-0.2, 0) is 8.37 Å². The van der Waals surface area contributed by atoms with Gasteiger partial charge in [0.25, 0.3) is 0 Å². The lowest BCUT2D eigenvalue weighted by Crippen LogP contribution is -2.37. The lowest BCUT2D eigenvalue weighted by molar-refractivity contribution is 0.223. The van der Waals surface area contributed by atoms with E-state index in [4.69, 9.17) is 8.37 Å². The molecule has 0 radical (unpaired) electrons. The summed E-state index contributed by atoms with van der Waals surface area (Å²) in [7, 11) is 2.27. The first-order chi connectivity index (χ1) is 10.3. The van der Waals surface area contributed by atoms with Crippen molar-refractivity contribution < 1.29 is 8.37 Å². The molecule has 0 aromatic rings. The predicted molar refractivity (Wildman–Crippen MR) is 98.7 cm³/mol. The maximum absolute atomic E-state index is 5.70. The van der Waals surface area contributed by atoms with E-state index in [1.807, 2.05) is 41.5 Å². The molecule has 0 aromatic carbocycles. The van der Waals surface area contributed by atoms with Crippen molar-refractivity contribution in [1.82, 2.24) is 4.31 Å². The molecule has 21 heavy (non-hydrogen) atoms. The molecule has 1 heterocycles. The Kier molecular flexibility index (Phi) is 16.9. The molecule has 4 heteroatoms. The summed E-state index contributed by atoms with van der Waals surface area (Å²) in [5.74, 6) is 1.09. The quantitative estimate of drug-likeness (QED) is 0.641. The third-order valence-corrected chi connectivity index (χ3v) is 6.68. The number of hydrogen-bond donors (Lipinski definition) is 0. The molecule has 132 valence electrons. The second kappa shape index (κ2) is 15.1. The Hall–Kier alpha value is 0.230. The first-order valence-electron chi connectivity index (χ1n) is 9.01. The molecule has 2 aliphatic rings. The molecule has 0 spiro atoms. The van der Waals surface area contributed by atoms with Gasteiger partial charge < -0.3 is 0 Å². The smallest absolute Gasteiger partial charge is 0.0620 e. The summed E-state index contributed by atoms with van der Waals surface area (Å²) in [6.45, 7) is 13.2. The first kappa shape index (κ1) is 23.5. The van der Waals surface area contributed by atoms with Gasteiger partial charge in [-0.05, 0) is 19.3 Å². The molecule has 2 rings (SSSR count). The molecule has 0 amide bonds. The maximum atomic E-state index is 5.70. The van der Waals surface area contributed by atoms with Crippen LogP contribution in [0.2, 0.25) is 0 Å². The molecular formula is C17H41NO2S. The second-order valence-corrected chi connectivity index (χ2v) is 7.11. The summed E-state index contributed by atoms with van der Waals surface area (Å²) < 4.78 is 13.9. The fraction of sp³-hybridized carbons (Fsp3) is 1.00. The van der Waals surface area contributed by atoms with Crippen LogP contribution in [-0.4, -0.2) is 36.9 Å². The normalized spacial score (nSPS) is 22.7. The van der Waals surface area contributed by atoms with Crippen molar-refractivity contribution >= 4 is 10.8 Å². The molecule has 1 aliphatic heterocycles. The van der Waals surface area contributed by atoms with Crippen LogP contribution in [0.1, 0.15) is 80.1 Å². The third kappa shape index (κ3) is 6.89. The van der Waals surface area contributed by atoms with Crippen molar-refractivity contribution in [2.75, 3.05) is 26.5 Å². The van der Waals surface area contributed by atoms with Gasteiger partial charge in [-0.15, -0.1) is 10.8 Å². The summed E-state index contributed by atoms with van der Waals surface area (Å²) >= 11 is 0. The van der Waals surface area contributed by atoms with E-state index in [2.05, 4.69) is 4.31 Å². The summed E-state index contributed by atoms with van der Waals surface area (Å²) in [6, 6.07) is 0.719. The van der Waals surface area contributed by atoms with Crippen molar-refractivity contribution in [3.05, 3.63) is 0 Å². The zero-order valence-electron chi connectivity index (χ0n) is 15.9. The Morgan fingerprint density at radius 3 is 1.67 bits per heavy atom. The van der Waals surface area contributed by atoms with Crippen molar-refractivity contribution in [1.29, 1.82) is 0 Å². The van der Waals surface area contributed by atoms with E-state index in [9.17, 15) is 0 Å². The van der Waals surface area contributed by atoms with E-state index in [1.54, 1.807) is 14.2 Å². The molecule has 1 aliphatic carbocycles. The van der Waals surface area contributed by atoms with Gasteiger partial charge in [0.15, 0.2) is 0 Å². The molecule has 0 aromatic heterocycles. The molecule has 0 unspecified atom stereocenters. The van der Waals surface area contributed by atoms with Gasteiger partial charge in [-0.3, -0.25) is 8.37 Å². The van der Waals surface area contributed by atoms with Gasteiger partial charge in [0.05, 0.1) is 20.0 Å². The Morgan fingerprint density at radius 2 is 1.24 bits per heavy atom. The fourth-order valence-corrected chi connectivity index (χ4v) is 5.52. The second-order valence-electron chi connectivity index (χ2n) is 4.41. The molecule has 1 saturated heterocycles. The molecule has 0 bridgehead atoms. The van der Waals surface area contributed by atoms with Crippen LogP contribution in [0.25, 0.3) is 0 Å². The van der Waals surface area contributed by atoms with Crippen LogP contribution < -0.4 is 0 Å². The minimum atomic E-state index is -1.34. The van der Waals surface area contributed by atoms with Crippen molar-refractivity contribution in [2.45, 2.75) is 86.1 Å². The zero-order chi connectivity index (χ0) is 16.7. The Balaban J connectivity index is 0. The predicted octanol–water partition coefficient (Wildman–Crippen LogP) is 5.95. The SMILES string of the molecule is CC.CC.CC.COS1(OC)CCCN1C1CCCCC1. The van der Waals surface area contributed by atoms with Gasteiger partial charge in [0, 0.05) is 12.6 Å². The van der Waals surface area contributed by atoms with E-state index < -0.39 is 10.8 Å². The third-order valence-electron chi connectivity index (χ3n) is 3.64. The summed E-state index contributed by atoms with van der Waals surface area (Å²) in [6.07, 6.45) is 8.07. The van der Waals surface area contributed by atoms with Gasteiger partial charge >= 0.3 is 0 Å². The van der Waals surface area contributed by atoms with Crippen molar-refractivity contribution in [3.8, 4) is 0 Å². The summed E-state index contributed by atoms with van der Waals surface area (Å²) in [5, 5.41) is 0. The van der Waals surface area contributed by atoms with E-state index >= 15 is 0 Å². The lowest BCUT2D eigenvalue weighted by Gasteiger charge is -2.48. The van der Waals surface area contributed by atoms with Gasteiger partial charge in [-0.1, -0.05) is 60.8 Å². The molecule has 3 nitrogen and oxygen atoms in total. The van der Waals surface area contributed by atoms with Crippen LogP contribution in [0.5, 0.6) is 0 Å². The summed E-state index contributed by atoms with van der Waals surface area (Å²) in [5.41, 5.74) is 0.